The highest BCUT2D eigenvalue weighted by Gasteiger charge is 2.24. The first kappa shape index (κ1) is 10.7. The van der Waals surface area contributed by atoms with Crippen molar-refractivity contribution in [3.63, 3.8) is 0 Å². The van der Waals surface area contributed by atoms with E-state index >= 15 is 0 Å². The van der Waals surface area contributed by atoms with E-state index < -0.39 is 11.6 Å². The molecule has 0 fully saturated rings. The minimum Gasteiger partial charge on any atom is -0.476 e. The molecule has 5 heteroatoms. The summed E-state index contributed by atoms with van der Waals surface area (Å²) in [6.07, 6.45) is 1.51. The lowest BCUT2D eigenvalue weighted by Crippen LogP contribution is -2.26. The van der Waals surface area contributed by atoms with Crippen LogP contribution in [0.15, 0.2) is 10.8 Å². The number of carbonyl (C=O) groups is 1. The van der Waals surface area contributed by atoms with Crippen molar-refractivity contribution in [2.75, 3.05) is 7.11 Å². The third-order valence-corrected chi connectivity index (χ3v) is 1.98. The van der Waals surface area contributed by atoms with E-state index in [2.05, 4.69) is 4.98 Å². The Hall–Kier alpha value is -1.36. The average Bonchev–Trinajstić information content (AvgIpc) is 2.51. The van der Waals surface area contributed by atoms with Gasteiger partial charge in [-0.25, -0.2) is 9.78 Å². The van der Waals surface area contributed by atoms with Crippen molar-refractivity contribution >= 4 is 5.97 Å². The number of hydrogen-bond donors (Lipinski definition) is 1. The lowest BCUT2D eigenvalue weighted by atomic mass is 10.0. The summed E-state index contributed by atoms with van der Waals surface area (Å²) in [4.78, 5) is 14.3. The van der Waals surface area contributed by atoms with Crippen LogP contribution in [-0.4, -0.2) is 28.8 Å². The molecule has 1 heterocycles. The van der Waals surface area contributed by atoms with E-state index in [1.807, 2.05) is 13.8 Å². The van der Waals surface area contributed by atoms with E-state index in [0.29, 0.717) is 12.2 Å². The quantitative estimate of drug-likeness (QED) is 0.792. The van der Waals surface area contributed by atoms with Gasteiger partial charge in [-0.05, 0) is 13.8 Å². The van der Waals surface area contributed by atoms with Gasteiger partial charge in [0.1, 0.15) is 5.76 Å². The highest BCUT2D eigenvalue weighted by Crippen LogP contribution is 2.18. The van der Waals surface area contributed by atoms with Crippen LogP contribution in [0.5, 0.6) is 0 Å². The van der Waals surface area contributed by atoms with Crippen molar-refractivity contribution in [3.8, 4) is 0 Å². The van der Waals surface area contributed by atoms with E-state index in [9.17, 15) is 4.79 Å². The Kier molecular flexibility index (Phi) is 2.90. The van der Waals surface area contributed by atoms with Crippen LogP contribution in [0.1, 0.15) is 30.1 Å². The Balaban J connectivity index is 2.86. The Morgan fingerprint density at radius 3 is 2.86 bits per heavy atom. The number of carboxylic acids is 1. The zero-order valence-electron chi connectivity index (χ0n) is 8.40. The van der Waals surface area contributed by atoms with Crippen LogP contribution in [-0.2, 0) is 11.2 Å². The van der Waals surface area contributed by atoms with Gasteiger partial charge < -0.3 is 14.3 Å². The molecule has 0 atom stereocenters. The van der Waals surface area contributed by atoms with Crippen LogP contribution in [0.25, 0.3) is 0 Å². The predicted molar refractivity (Wildman–Crippen MR) is 48.3 cm³/mol. The maximum Gasteiger partial charge on any atom is 0.358 e. The summed E-state index contributed by atoms with van der Waals surface area (Å²) in [6.45, 7) is 3.70. The fourth-order valence-corrected chi connectivity index (χ4v) is 1.03. The van der Waals surface area contributed by atoms with Gasteiger partial charge in [-0.1, -0.05) is 0 Å². The van der Waals surface area contributed by atoms with Crippen LogP contribution in [0.2, 0.25) is 0 Å². The second kappa shape index (κ2) is 3.79. The summed E-state index contributed by atoms with van der Waals surface area (Å²) in [7, 11) is 1.57. The van der Waals surface area contributed by atoms with E-state index in [4.69, 9.17) is 14.3 Å². The second-order valence-corrected chi connectivity index (χ2v) is 3.57. The van der Waals surface area contributed by atoms with Gasteiger partial charge in [-0.2, -0.15) is 0 Å². The second-order valence-electron chi connectivity index (χ2n) is 3.57. The van der Waals surface area contributed by atoms with Crippen molar-refractivity contribution < 1.29 is 19.1 Å². The monoisotopic (exact) mass is 199 g/mol. The fraction of sp³-hybridized carbons (Fsp3) is 0.556. The number of aromatic carboxylic acids is 1. The fourth-order valence-electron chi connectivity index (χ4n) is 1.03. The number of methoxy groups -OCH3 is 1. The molecule has 0 radical (unpaired) electrons. The third kappa shape index (κ3) is 2.32. The van der Waals surface area contributed by atoms with Gasteiger partial charge in [0.05, 0.1) is 5.60 Å². The molecule has 14 heavy (non-hydrogen) atoms. The van der Waals surface area contributed by atoms with Crippen molar-refractivity contribution in [2.45, 2.75) is 25.9 Å². The largest absolute Gasteiger partial charge is 0.476 e. The maximum atomic E-state index is 10.7. The molecule has 0 aliphatic rings. The van der Waals surface area contributed by atoms with Crippen LogP contribution in [0, 0.1) is 0 Å². The number of nitrogens with zero attached hydrogens (tertiary/aromatic N) is 1. The molecule has 1 rings (SSSR count). The molecule has 1 N–H and O–H groups in total. The smallest absolute Gasteiger partial charge is 0.358 e. The molecule has 0 aliphatic heterocycles. The molecule has 78 valence electrons. The topological polar surface area (TPSA) is 72.6 Å². The molecule has 0 saturated heterocycles. The number of carboxylic acid groups (broad SMARTS) is 1. The van der Waals surface area contributed by atoms with Gasteiger partial charge in [0.15, 0.2) is 12.1 Å². The zero-order chi connectivity index (χ0) is 10.8. The Bertz CT molecular complexity index is 329. The van der Waals surface area contributed by atoms with Gasteiger partial charge in [-0.15, -0.1) is 0 Å². The van der Waals surface area contributed by atoms with Gasteiger partial charge >= 0.3 is 5.97 Å². The summed E-state index contributed by atoms with van der Waals surface area (Å²) < 4.78 is 10.2. The summed E-state index contributed by atoms with van der Waals surface area (Å²) in [5.74, 6) is -0.745. The molecule has 5 nitrogen and oxygen atoms in total. The molecule has 0 spiro atoms. The first-order valence-electron chi connectivity index (χ1n) is 4.17. The molecule has 1 aromatic rings. The first-order chi connectivity index (χ1) is 6.46. The predicted octanol–water partition coefficient (Wildman–Crippen LogP) is 1.34. The number of ether oxygens (including phenoxy) is 1. The van der Waals surface area contributed by atoms with Gasteiger partial charge in [0.2, 0.25) is 0 Å². The molecule has 0 aromatic carbocycles. The van der Waals surface area contributed by atoms with Crippen molar-refractivity contribution in [1.82, 2.24) is 4.98 Å². The van der Waals surface area contributed by atoms with Crippen LogP contribution in [0.3, 0.4) is 0 Å². The Morgan fingerprint density at radius 1 is 1.71 bits per heavy atom. The normalized spacial score (nSPS) is 11.6. The third-order valence-electron chi connectivity index (χ3n) is 1.98. The van der Waals surface area contributed by atoms with E-state index in [-0.39, 0.29) is 5.69 Å². The van der Waals surface area contributed by atoms with Gasteiger partial charge in [-0.3, -0.25) is 0 Å². The van der Waals surface area contributed by atoms with E-state index in [1.165, 1.54) is 0 Å². The molecular weight excluding hydrogens is 186 g/mol. The number of hydrogen-bond acceptors (Lipinski definition) is 4. The lowest BCUT2D eigenvalue weighted by molar-refractivity contribution is 0.0188. The van der Waals surface area contributed by atoms with E-state index in [0.717, 1.165) is 6.39 Å². The summed E-state index contributed by atoms with van der Waals surface area (Å²) in [5.41, 5.74) is -0.501. The van der Waals surface area contributed by atoms with Crippen LogP contribution >= 0.6 is 0 Å². The van der Waals surface area contributed by atoms with Crippen LogP contribution in [0.4, 0.5) is 0 Å². The average molecular weight is 199 g/mol. The molecule has 0 bridgehead atoms. The SMILES string of the molecule is COC(C)(C)Cc1ocnc1C(=O)O. The minimum absolute atomic E-state index is 0.0462. The Labute approximate surface area is 81.7 Å². The highest BCUT2D eigenvalue weighted by molar-refractivity contribution is 5.86. The molecular formula is C9H13NO4. The van der Waals surface area contributed by atoms with Gasteiger partial charge in [0, 0.05) is 13.5 Å². The summed E-state index contributed by atoms with van der Waals surface area (Å²) in [6, 6.07) is 0. The number of rotatable bonds is 4. The van der Waals surface area contributed by atoms with Crippen molar-refractivity contribution in [2.24, 2.45) is 0 Å². The number of oxazole rings is 1. The van der Waals surface area contributed by atoms with Gasteiger partial charge in [0.25, 0.3) is 0 Å². The molecule has 1 aromatic heterocycles. The minimum atomic E-state index is -1.08. The molecule has 0 amide bonds. The highest BCUT2D eigenvalue weighted by atomic mass is 16.5. The standard InChI is InChI=1S/C9H13NO4/c1-9(2,13-3)4-6-7(8(11)12)10-5-14-6/h5H,4H2,1-3H3,(H,11,12). The molecule has 0 unspecified atom stereocenters. The molecule has 0 aliphatic carbocycles. The molecule has 0 saturated carbocycles. The lowest BCUT2D eigenvalue weighted by Gasteiger charge is -2.21. The first-order valence-corrected chi connectivity index (χ1v) is 4.17. The number of aromatic nitrogens is 1. The van der Waals surface area contributed by atoms with Crippen molar-refractivity contribution in [3.05, 3.63) is 17.8 Å². The summed E-state index contributed by atoms with van der Waals surface area (Å²) >= 11 is 0. The van der Waals surface area contributed by atoms with Crippen molar-refractivity contribution in [1.29, 1.82) is 0 Å². The zero-order valence-corrected chi connectivity index (χ0v) is 8.40. The maximum absolute atomic E-state index is 10.7. The van der Waals surface area contributed by atoms with E-state index in [1.54, 1.807) is 7.11 Å². The Morgan fingerprint density at radius 2 is 2.36 bits per heavy atom. The van der Waals surface area contributed by atoms with Crippen LogP contribution < -0.4 is 0 Å². The summed E-state index contributed by atoms with van der Waals surface area (Å²) in [5, 5.41) is 8.76.